The molecule has 0 spiro atoms. The molecule has 1 amide bonds. The van der Waals surface area contributed by atoms with Crippen molar-refractivity contribution in [1.82, 2.24) is 26.7 Å². The first-order chi connectivity index (χ1) is 14.3. The monoisotopic (exact) mass is 418 g/mol. The fourth-order valence-electron chi connectivity index (χ4n) is 3.17. The first-order valence-corrected chi connectivity index (χ1v) is 9.27. The van der Waals surface area contributed by atoms with Gasteiger partial charge < -0.3 is 31.2 Å². The number of hydrazine groups is 2. The molecule has 9 N–H and O–H groups in total. The van der Waals surface area contributed by atoms with Gasteiger partial charge >= 0.3 is 13.1 Å². The van der Waals surface area contributed by atoms with Crippen LogP contribution in [0.25, 0.3) is 0 Å². The minimum atomic E-state index is -1.38. The highest BCUT2D eigenvalue weighted by atomic mass is 16.5. The molecule has 0 saturated carbocycles. The number of guanidine groups is 1. The Labute approximate surface area is 172 Å². The Balaban J connectivity index is 1.54. The zero-order valence-corrected chi connectivity index (χ0v) is 16.0. The molecule has 0 aliphatic carbocycles. The van der Waals surface area contributed by atoms with Gasteiger partial charge in [0, 0.05) is 13.1 Å². The van der Waals surface area contributed by atoms with E-state index < -0.39 is 19.0 Å². The SMILES string of the molecule is N=C(N)NCCCN1NNN=C1CC(=O)N[C@H]1Cc2cccc(C(=O)O)c2OB1O. The van der Waals surface area contributed by atoms with E-state index in [0.717, 1.165) is 0 Å². The predicted molar refractivity (Wildman–Crippen MR) is 107 cm³/mol. The molecule has 0 saturated heterocycles. The van der Waals surface area contributed by atoms with Crippen molar-refractivity contribution in [2.45, 2.75) is 25.2 Å². The van der Waals surface area contributed by atoms with E-state index in [9.17, 15) is 19.7 Å². The fraction of sp³-hybridized carbons (Fsp3) is 0.375. The quantitative estimate of drug-likeness (QED) is 0.0986. The smallest absolute Gasteiger partial charge is 0.534 e. The lowest BCUT2D eigenvalue weighted by atomic mass is 9.72. The first-order valence-electron chi connectivity index (χ1n) is 9.27. The van der Waals surface area contributed by atoms with Crippen molar-refractivity contribution in [3.8, 4) is 5.75 Å². The van der Waals surface area contributed by atoms with Crippen molar-refractivity contribution in [2.24, 2.45) is 10.8 Å². The Morgan fingerprint density at radius 1 is 1.47 bits per heavy atom. The van der Waals surface area contributed by atoms with Gasteiger partial charge in [0.15, 0.2) is 11.8 Å². The summed E-state index contributed by atoms with van der Waals surface area (Å²) in [6, 6.07) is 4.68. The number of fused-ring (bicyclic) bond motifs is 1. The van der Waals surface area contributed by atoms with E-state index in [2.05, 4.69) is 26.8 Å². The molecule has 160 valence electrons. The number of amides is 1. The molecule has 0 unspecified atom stereocenters. The van der Waals surface area contributed by atoms with Crippen LogP contribution in [0.4, 0.5) is 0 Å². The minimum absolute atomic E-state index is 0.0382. The molecule has 1 aromatic carbocycles. The fourth-order valence-corrected chi connectivity index (χ4v) is 3.17. The molecule has 1 aromatic rings. The number of nitrogens with two attached hydrogens (primary N) is 1. The Hall–Kier alpha value is -3.52. The highest BCUT2D eigenvalue weighted by Gasteiger charge is 2.38. The molecule has 3 rings (SSSR count). The van der Waals surface area contributed by atoms with E-state index in [0.29, 0.717) is 30.9 Å². The van der Waals surface area contributed by atoms with Gasteiger partial charge in [0.2, 0.25) is 5.91 Å². The molecule has 2 aliphatic rings. The van der Waals surface area contributed by atoms with E-state index in [-0.39, 0.29) is 36.0 Å². The van der Waals surface area contributed by atoms with Crippen LogP contribution in [0.2, 0.25) is 0 Å². The third kappa shape index (κ3) is 5.09. The molecule has 0 aromatic heterocycles. The summed E-state index contributed by atoms with van der Waals surface area (Å²) in [7, 11) is -1.38. The number of benzene rings is 1. The normalized spacial score (nSPS) is 17.4. The highest BCUT2D eigenvalue weighted by molar-refractivity contribution is 6.47. The van der Waals surface area contributed by atoms with Crippen LogP contribution in [0, 0.1) is 5.41 Å². The number of hydrogen-bond acceptors (Lipinski definition) is 9. The molecule has 0 fully saturated rings. The lowest BCUT2D eigenvalue weighted by Gasteiger charge is -2.29. The van der Waals surface area contributed by atoms with E-state index in [1.54, 1.807) is 17.1 Å². The lowest BCUT2D eigenvalue weighted by Crippen LogP contribution is -2.54. The Kier molecular flexibility index (Phi) is 6.59. The Bertz CT molecular complexity index is 866. The third-order valence-corrected chi connectivity index (χ3v) is 4.57. The molecule has 0 radical (unpaired) electrons. The van der Waals surface area contributed by atoms with Gasteiger partial charge in [-0.1, -0.05) is 12.1 Å². The van der Waals surface area contributed by atoms with E-state index >= 15 is 0 Å². The average Bonchev–Trinajstić information content (AvgIpc) is 3.11. The van der Waals surface area contributed by atoms with Crippen LogP contribution in [-0.2, 0) is 11.2 Å². The maximum absolute atomic E-state index is 12.5. The zero-order valence-electron chi connectivity index (χ0n) is 16.0. The van der Waals surface area contributed by atoms with Gasteiger partial charge in [0.1, 0.15) is 5.75 Å². The Morgan fingerprint density at radius 3 is 3.00 bits per heavy atom. The molecule has 2 aliphatic heterocycles. The molecule has 1 atom stereocenters. The second-order valence-electron chi connectivity index (χ2n) is 6.76. The average molecular weight is 418 g/mol. The summed E-state index contributed by atoms with van der Waals surface area (Å²) in [6.45, 7) is 1.01. The van der Waals surface area contributed by atoms with Crippen molar-refractivity contribution >= 4 is 30.8 Å². The van der Waals surface area contributed by atoms with Gasteiger partial charge in [-0.2, -0.15) is 0 Å². The van der Waals surface area contributed by atoms with Gasteiger partial charge in [0.05, 0.1) is 17.9 Å². The number of aromatic carboxylic acids is 1. The van der Waals surface area contributed by atoms with Gasteiger partial charge in [0.25, 0.3) is 0 Å². The second-order valence-corrected chi connectivity index (χ2v) is 6.76. The first kappa shape index (κ1) is 21.2. The number of nitrogens with one attached hydrogen (secondary N) is 5. The van der Waals surface area contributed by atoms with Crippen molar-refractivity contribution in [3.63, 3.8) is 0 Å². The summed E-state index contributed by atoms with van der Waals surface area (Å²) >= 11 is 0. The number of rotatable bonds is 8. The summed E-state index contributed by atoms with van der Waals surface area (Å²) in [6.07, 6.45) is 0.824. The van der Waals surface area contributed by atoms with Crippen LogP contribution in [0.5, 0.6) is 5.75 Å². The van der Waals surface area contributed by atoms with E-state index in [1.165, 1.54) is 6.07 Å². The maximum atomic E-state index is 12.5. The van der Waals surface area contributed by atoms with Crippen LogP contribution in [0.1, 0.15) is 28.8 Å². The molecule has 2 heterocycles. The number of para-hydroxylation sites is 1. The molecular weight excluding hydrogens is 395 g/mol. The number of carbonyl (C=O) groups excluding carboxylic acids is 1. The largest absolute Gasteiger partial charge is 0.547 e. The molecule has 0 bridgehead atoms. The number of carboxylic acid groups (broad SMARTS) is 1. The standard InChI is InChI=1S/C16H23BN8O5/c18-16(19)20-5-2-6-25-12(22-23-24-25)8-13(26)21-11-7-9-3-1-4-10(15(27)28)14(9)30-17(11)29/h1,3-4,11,23-24,29H,2,5-8H2,(H,21,26)(H,27,28)(H4,18,19,20)/t11-/m0/s1. The van der Waals surface area contributed by atoms with Crippen molar-refractivity contribution < 1.29 is 24.4 Å². The minimum Gasteiger partial charge on any atom is -0.534 e. The van der Waals surface area contributed by atoms with Crippen molar-refractivity contribution in [3.05, 3.63) is 29.3 Å². The number of hydrazone groups is 1. The summed E-state index contributed by atoms with van der Waals surface area (Å²) in [5.41, 5.74) is 11.2. The van der Waals surface area contributed by atoms with E-state index in [4.69, 9.17) is 15.8 Å². The summed E-state index contributed by atoms with van der Waals surface area (Å²) in [5, 5.41) is 37.7. The number of carboxylic acids is 1. The summed E-state index contributed by atoms with van der Waals surface area (Å²) in [5.74, 6) is -1.81. The lowest BCUT2D eigenvalue weighted by molar-refractivity contribution is -0.120. The zero-order chi connectivity index (χ0) is 21.7. The topological polar surface area (TPSA) is 197 Å². The second kappa shape index (κ2) is 9.32. The summed E-state index contributed by atoms with van der Waals surface area (Å²) in [4.78, 5) is 23.8. The highest BCUT2D eigenvalue weighted by Crippen LogP contribution is 2.30. The number of carbonyl (C=O) groups is 2. The molecule has 14 heteroatoms. The number of nitrogens with zero attached hydrogens (tertiary/aromatic N) is 2. The van der Waals surface area contributed by atoms with Gasteiger partial charge in [-0.25, -0.2) is 10.3 Å². The predicted octanol–water partition coefficient (Wildman–Crippen LogP) is -2.27. The van der Waals surface area contributed by atoms with Crippen LogP contribution >= 0.6 is 0 Å². The van der Waals surface area contributed by atoms with Crippen LogP contribution < -0.4 is 32.1 Å². The maximum Gasteiger partial charge on any atom is 0.547 e. The molecule has 30 heavy (non-hydrogen) atoms. The molecular formula is C16H23BN8O5. The number of amidine groups is 1. The van der Waals surface area contributed by atoms with Gasteiger partial charge in [-0.3, -0.25) is 15.2 Å². The third-order valence-electron chi connectivity index (χ3n) is 4.57. The van der Waals surface area contributed by atoms with Crippen LogP contribution in [0.3, 0.4) is 0 Å². The Morgan fingerprint density at radius 2 is 2.27 bits per heavy atom. The number of hydrogen-bond donors (Lipinski definition) is 8. The van der Waals surface area contributed by atoms with Crippen molar-refractivity contribution in [1.29, 1.82) is 5.41 Å². The van der Waals surface area contributed by atoms with Crippen molar-refractivity contribution in [2.75, 3.05) is 13.1 Å². The summed E-state index contributed by atoms with van der Waals surface area (Å²) < 4.78 is 5.37. The van der Waals surface area contributed by atoms with Crippen LogP contribution in [0.15, 0.2) is 23.3 Å². The molecule has 13 nitrogen and oxygen atoms in total. The van der Waals surface area contributed by atoms with Gasteiger partial charge in [-0.15, -0.1) is 10.6 Å². The van der Waals surface area contributed by atoms with Crippen LogP contribution in [-0.4, -0.2) is 65.0 Å². The van der Waals surface area contributed by atoms with Gasteiger partial charge in [-0.05, 0) is 24.5 Å². The van der Waals surface area contributed by atoms with E-state index in [1.807, 2.05) is 0 Å².